The van der Waals surface area contributed by atoms with Crippen molar-refractivity contribution in [2.75, 3.05) is 20.2 Å². The van der Waals surface area contributed by atoms with E-state index in [1.54, 1.807) is 7.11 Å². The molecule has 0 spiro atoms. The molecule has 0 bridgehead atoms. The van der Waals surface area contributed by atoms with Crippen LogP contribution < -0.4 is 4.74 Å². The molecule has 3 heterocycles. The quantitative estimate of drug-likeness (QED) is 0.287. The second-order valence-corrected chi connectivity index (χ2v) is 18.3. The number of benzene rings is 1. The number of nitrogens with zero attached hydrogens (tertiary/aromatic N) is 3. The first-order valence-corrected chi connectivity index (χ1v) is 16.7. The number of likely N-dealkylation sites (tertiary alicyclic amines) is 1. The SMILES string of the molecule is COc1ccc(CN2CC[C@H](C)[C@H](C(O)c3c(C)cnc4c3ccn4[Si](C(C)C)(C(C)C)C(C)C)C2)cc1. The van der Waals surface area contributed by atoms with Crippen LogP contribution in [0.25, 0.3) is 11.0 Å². The third-order valence-electron chi connectivity index (χ3n) is 9.51. The van der Waals surface area contributed by atoms with Crippen LogP contribution >= 0.6 is 0 Å². The Labute approximate surface area is 231 Å². The van der Waals surface area contributed by atoms with Gasteiger partial charge in [0, 0.05) is 30.6 Å². The van der Waals surface area contributed by atoms with E-state index in [0.717, 1.165) is 54.0 Å². The van der Waals surface area contributed by atoms with Crippen LogP contribution in [0.4, 0.5) is 0 Å². The van der Waals surface area contributed by atoms with Crippen LogP contribution in [0, 0.1) is 18.8 Å². The van der Waals surface area contributed by atoms with Gasteiger partial charge in [0.15, 0.2) is 8.24 Å². The molecule has 38 heavy (non-hydrogen) atoms. The smallest absolute Gasteiger partial charge is 0.171 e. The Morgan fingerprint density at radius 1 is 1.03 bits per heavy atom. The Hall–Kier alpha value is -2.15. The molecule has 5 nitrogen and oxygen atoms in total. The summed E-state index contributed by atoms with van der Waals surface area (Å²) in [7, 11) is -0.246. The number of aliphatic hydroxyl groups is 1. The third-order valence-corrected chi connectivity index (χ3v) is 16.3. The zero-order valence-electron chi connectivity index (χ0n) is 25.0. The van der Waals surface area contributed by atoms with Crippen molar-refractivity contribution < 1.29 is 9.84 Å². The standard InChI is InChI=1S/C32H49N3O2Si/c1-21(2)38(22(3)4,23(5)6)35-17-15-28-30(25(8)18-33-32(28)35)31(36)29-20-34(16-14-24(29)7)19-26-10-12-27(37-9)13-11-26/h10-13,15,17-18,21-24,29,31,36H,14,16,19-20H2,1-9H3/t24-,29+,31?/m0/s1. The zero-order valence-corrected chi connectivity index (χ0v) is 26.0. The first-order chi connectivity index (χ1) is 18.0. The topological polar surface area (TPSA) is 50.5 Å². The Morgan fingerprint density at radius 3 is 2.24 bits per heavy atom. The highest BCUT2D eigenvalue weighted by Gasteiger charge is 2.46. The summed E-state index contributed by atoms with van der Waals surface area (Å²) >= 11 is 0. The van der Waals surface area contributed by atoms with E-state index in [1.807, 2.05) is 18.3 Å². The minimum Gasteiger partial charge on any atom is -0.497 e. The predicted molar refractivity (Wildman–Crippen MR) is 161 cm³/mol. The zero-order chi connectivity index (χ0) is 27.8. The molecular weight excluding hydrogens is 486 g/mol. The van der Waals surface area contributed by atoms with Gasteiger partial charge < -0.3 is 14.1 Å². The fraction of sp³-hybridized carbons (Fsp3) is 0.594. The molecule has 208 valence electrons. The van der Waals surface area contributed by atoms with Crippen molar-refractivity contribution in [3.63, 3.8) is 0 Å². The minimum absolute atomic E-state index is 0.178. The van der Waals surface area contributed by atoms with Gasteiger partial charge in [0.1, 0.15) is 11.4 Å². The maximum atomic E-state index is 12.0. The van der Waals surface area contributed by atoms with E-state index in [4.69, 9.17) is 9.72 Å². The van der Waals surface area contributed by atoms with Crippen molar-refractivity contribution in [3.8, 4) is 5.75 Å². The highest BCUT2D eigenvalue weighted by atomic mass is 28.3. The minimum atomic E-state index is -1.95. The van der Waals surface area contributed by atoms with Gasteiger partial charge in [-0.25, -0.2) is 4.98 Å². The van der Waals surface area contributed by atoms with Gasteiger partial charge in [-0.05, 0) is 83.5 Å². The molecule has 1 aliphatic rings. The summed E-state index contributed by atoms with van der Waals surface area (Å²) < 4.78 is 7.90. The molecule has 0 saturated carbocycles. The fourth-order valence-electron chi connectivity index (χ4n) is 7.67. The molecule has 3 aromatic rings. The van der Waals surface area contributed by atoms with Crippen LogP contribution in [0.5, 0.6) is 5.75 Å². The summed E-state index contributed by atoms with van der Waals surface area (Å²) in [5.74, 6) is 1.52. The van der Waals surface area contributed by atoms with Crippen molar-refractivity contribution in [2.45, 2.75) is 91.1 Å². The molecule has 3 atom stereocenters. The van der Waals surface area contributed by atoms with E-state index in [2.05, 4.69) is 88.9 Å². The van der Waals surface area contributed by atoms with Crippen LogP contribution in [0.2, 0.25) is 16.6 Å². The van der Waals surface area contributed by atoms with Crippen LogP contribution in [0.1, 0.15) is 77.7 Å². The second kappa shape index (κ2) is 11.5. The van der Waals surface area contributed by atoms with Crippen LogP contribution in [0.3, 0.4) is 0 Å². The summed E-state index contributed by atoms with van der Waals surface area (Å²) in [6, 6.07) is 10.6. The van der Waals surface area contributed by atoms with Crippen molar-refractivity contribution in [3.05, 3.63) is 59.4 Å². The molecule has 0 amide bonds. The lowest BCUT2D eigenvalue weighted by molar-refractivity contribution is 0.0156. The molecule has 2 aromatic heterocycles. The Morgan fingerprint density at radius 2 is 1.66 bits per heavy atom. The summed E-state index contributed by atoms with van der Waals surface area (Å²) in [4.78, 5) is 7.51. The van der Waals surface area contributed by atoms with Gasteiger partial charge in [-0.2, -0.15) is 0 Å². The maximum Gasteiger partial charge on any atom is 0.171 e. The number of methoxy groups -OCH3 is 1. The van der Waals surface area contributed by atoms with E-state index in [-0.39, 0.29) is 5.92 Å². The maximum absolute atomic E-state index is 12.0. The largest absolute Gasteiger partial charge is 0.497 e. The van der Waals surface area contributed by atoms with Gasteiger partial charge in [0.2, 0.25) is 0 Å². The molecule has 1 aromatic carbocycles. The van der Waals surface area contributed by atoms with E-state index >= 15 is 0 Å². The van der Waals surface area contributed by atoms with Crippen molar-refractivity contribution in [1.29, 1.82) is 0 Å². The van der Waals surface area contributed by atoms with Gasteiger partial charge in [-0.3, -0.25) is 4.90 Å². The molecule has 1 N–H and O–H groups in total. The highest BCUT2D eigenvalue weighted by Crippen LogP contribution is 2.45. The van der Waals surface area contributed by atoms with E-state index in [9.17, 15) is 5.11 Å². The molecular formula is C32H49N3O2Si. The van der Waals surface area contributed by atoms with Gasteiger partial charge in [0.05, 0.1) is 13.2 Å². The lowest BCUT2D eigenvalue weighted by Gasteiger charge is -2.44. The summed E-state index contributed by atoms with van der Waals surface area (Å²) in [5, 5.41) is 13.2. The number of aliphatic hydroxyl groups excluding tert-OH is 1. The monoisotopic (exact) mass is 535 g/mol. The van der Waals surface area contributed by atoms with E-state index < -0.39 is 14.3 Å². The molecule has 4 rings (SSSR count). The normalized spacial score (nSPS) is 20.1. The van der Waals surface area contributed by atoms with Crippen LogP contribution in [-0.4, -0.2) is 47.7 Å². The number of fused-ring (bicyclic) bond motifs is 1. The summed E-state index contributed by atoms with van der Waals surface area (Å²) in [6.45, 7) is 21.6. The van der Waals surface area contributed by atoms with E-state index in [0.29, 0.717) is 22.5 Å². The average molecular weight is 536 g/mol. The molecule has 0 radical (unpaired) electrons. The first-order valence-electron chi connectivity index (χ1n) is 14.5. The Kier molecular flexibility index (Phi) is 8.75. The summed E-state index contributed by atoms with van der Waals surface area (Å²) in [6.07, 6.45) is 4.87. The predicted octanol–water partition coefficient (Wildman–Crippen LogP) is 7.57. The molecule has 1 unspecified atom stereocenters. The lowest BCUT2D eigenvalue weighted by Crippen LogP contribution is -2.51. The highest BCUT2D eigenvalue weighted by molar-refractivity contribution is 6.82. The fourth-order valence-corrected chi connectivity index (χ4v) is 14.2. The second-order valence-electron chi connectivity index (χ2n) is 12.6. The number of rotatable bonds is 9. The van der Waals surface area contributed by atoms with Crippen molar-refractivity contribution in [2.24, 2.45) is 11.8 Å². The Bertz CT molecular complexity index is 1200. The first kappa shape index (κ1) is 28.8. The average Bonchev–Trinajstić information content (AvgIpc) is 3.29. The van der Waals surface area contributed by atoms with Crippen molar-refractivity contribution >= 4 is 19.3 Å². The number of hydrogen-bond acceptors (Lipinski definition) is 4. The van der Waals surface area contributed by atoms with E-state index in [1.165, 1.54) is 5.56 Å². The lowest BCUT2D eigenvalue weighted by atomic mass is 9.79. The summed E-state index contributed by atoms with van der Waals surface area (Å²) in [5.41, 5.74) is 6.26. The van der Waals surface area contributed by atoms with Gasteiger partial charge in [-0.1, -0.05) is 60.6 Å². The Balaban J connectivity index is 1.68. The molecule has 1 saturated heterocycles. The van der Waals surface area contributed by atoms with Crippen LogP contribution in [-0.2, 0) is 6.54 Å². The molecule has 1 aliphatic heterocycles. The number of aromatic nitrogens is 2. The van der Waals surface area contributed by atoms with Gasteiger partial charge in [-0.15, -0.1) is 0 Å². The molecule has 6 heteroatoms. The number of piperidine rings is 1. The van der Waals surface area contributed by atoms with Gasteiger partial charge in [0.25, 0.3) is 0 Å². The number of ether oxygens (including phenoxy) is 1. The molecule has 0 aliphatic carbocycles. The number of aryl methyl sites for hydroxylation is 1. The number of hydrogen-bond donors (Lipinski definition) is 1. The van der Waals surface area contributed by atoms with Crippen molar-refractivity contribution in [1.82, 2.24) is 14.1 Å². The van der Waals surface area contributed by atoms with Gasteiger partial charge >= 0.3 is 0 Å². The third kappa shape index (κ3) is 5.07. The van der Waals surface area contributed by atoms with Crippen LogP contribution in [0.15, 0.2) is 42.7 Å². The number of pyridine rings is 1. The molecule has 1 fully saturated rings.